The molecule has 1 aliphatic carbocycles. The summed E-state index contributed by atoms with van der Waals surface area (Å²) in [6, 6.07) is 4.83. The van der Waals surface area contributed by atoms with Crippen LogP contribution in [-0.4, -0.2) is 6.04 Å². The summed E-state index contributed by atoms with van der Waals surface area (Å²) < 4.78 is 13.2. The average Bonchev–Trinajstić information content (AvgIpc) is 2.67. The summed E-state index contributed by atoms with van der Waals surface area (Å²) in [5.41, 5.74) is 6.20. The first kappa shape index (κ1) is 10.8. The average molecular weight is 222 g/mol. The summed E-state index contributed by atoms with van der Waals surface area (Å²) in [6.45, 7) is 0. The van der Waals surface area contributed by atoms with Crippen LogP contribution in [0.15, 0.2) is 18.2 Å². The molecule has 0 amide bonds. The van der Waals surface area contributed by atoms with Crippen LogP contribution in [0.3, 0.4) is 0 Å². The SMILES string of the molecule is Cl.NC1CC1c1c(F)cccc1Cl. The van der Waals surface area contributed by atoms with Crippen molar-refractivity contribution in [2.24, 2.45) is 5.73 Å². The Kier molecular flexibility index (Phi) is 3.17. The van der Waals surface area contributed by atoms with Crippen molar-refractivity contribution in [3.8, 4) is 0 Å². The molecule has 1 nitrogen and oxygen atoms in total. The Hall–Kier alpha value is -0.310. The van der Waals surface area contributed by atoms with Gasteiger partial charge in [0.15, 0.2) is 0 Å². The molecule has 2 rings (SSSR count). The molecule has 1 aliphatic rings. The number of hydrogen-bond acceptors (Lipinski definition) is 1. The van der Waals surface area contributed by atoms with Crippen molar-refractivity contribution in [1.82, 2.24) is 0 Å². The molecular formula is C9H10Cl2FN. The predicted octanol–water partition coefficient (Wildman–Crippen LogP) is 2.72. The number of rotatable bonds is 1. The van der Waals surface area contributed by atoms with Gasteiger partial charge in [0.05, 0.1) is 0 Å². The lowest BCUT2D eigenvalue weighted by molar-refractivity contribution is 0.609. The molecule has 1 aromatic carbocycles. The summed E-state index contributed by atoms with van der Waals surface area (Å²) in [7, 11) is 0. The molecule has 13 heavy (non-hydrogen) atoms. The summed E-state index contributed by atoms with van der Waals surface area (Å²) in [5, 5.41) is 0.493. The van der Waals surface area contributed by atoms with Gasteiger partial charge in [-0.3, -0.25) is 0 Å². The first-order chi connectivity index (χ1) is 5.70. The maximum Gasteiger partial charge on any atom is 0.128 e. The Balaban J connectivity index is 0.000000845. The standard InChI is InChI=1S/C9H9ClFN.ClH/c10-6-2-1-3-7(11)9(6)5-4-8(5)12;/h1-3,5,8H,4,12H2;1H. The van der Waals surface area contributed by atoms with Crippen LogP contribution in [0, 0.1) is 5.82 Å². The maximum atomic E-state index is 13.2. The van der Waals surface area contributed by atoms with E-state index >= 15 is 0 Å². The van der Waals surface area contributed by atoms with E-state index in [4.69, 9.17) is 17.3 Å². The molecule has 0 spiro atoms. The fourth-order valence-corrected chi connectivity index (χ4v) is 1.71. The van der Waals surface area contributed by atoms with E-state index in [1.807, 2.05) is 0 Å². The molecule has 0 saturated heterocycles. The zero-order valence-corrected chi connectivity index (χ0v) is 8.41. The zero-order valence-electron chi connectivity index (χ0n) is 6.84. The highest BCUT2D eigenvalue weighted by molar-refractivity contribution is 6.31. The first-order valence-corrected chi connectivity index (χ1v) is 4.27. The smallest absolute Gasteiger partial charge is 0.128 e. The molecular weight excluding hydrogens is 212 g/mol. The maximum absolute atomic E-state index is 13.2. The van der Waals surface area contributed by atoms with Gasteiger partial charge in [0.25, 0.3) is 0 Å². The van der Waals surface area contributed by atoms with Gasteiger partial charge in [-0.25, -0.2) is 4.39 Å². The van der Waals surface area contributed by atoms with Gasteiger partial charge in [0.1, 0.15) is 5.82 Å². The molecule has 1 fully saturated rings. The van der Waals surface area contributed by atoms with Crippen LogP contribution in [0.1, 0.15) is 17.9 Å². The third kappa shape index (κ3) is 1.96. The van der Waals surface area contributed by atoms with Gasteiger partial charge >= 0.3 is 0 Å². The van der Waals surface area contributed by atoms with E-state index in [9.17, 15) is 4.39 Å². The molecule has 0 heterocycles. The highest BCUT2D eigenvalue weighted by Gasteiger charge is 2.38. The van der Waals surface area contributed by atoms with Gasteiger partial charge < -0.3 is 5.73 Å². The Bertz CT molecular complexity index is 296. The van der Waals surface area contributed by atoms with Crippen LogP contribution >= 0.6 is 24.0 Å². The van der Waals surface area contributed by atoms with Crippen molar-refractivity contribution in [1.29, 1.82) is 0 Å². The summed E-state index contributed by atoms with van der Waals surface area (Å²) in [6.07, 6.45) is 0.848. The monoisotopic (exact) mass is 221 g/mol. The molecule has 0 aromatic heterocycles. The molecule has 1 aromatic rings. The van der Waals surface area contributed by atoms with Gasteiger partial charge in [-0.15, -0.1) is 12.4 Å². The molecule has 2 atom stereocenters. The second-order valence-electron chi connectivity index (χ2n) is 3.14. The zero-order chi connectivity index (χ0) is 8.72. The summed E-state index contributed by atoms with van der Waals surface area (Å²) >= 11 is 5.83. The molecule has 72 valence electrons. The van der Waals surface area contributed by atoms with Crippen LogP contribution in [-0.2, 0) is 0 Å². The second kappa shape index (κ2) is 3.82. The van der Waals surface area contributed by atoms with Crippen molar-refractivity contribution >= 4 is 24.0 Å². The minimum atomic E-state index is -0.236. The first-order valence-electron chi connectivity index (χ1n) is 3.89. The third-order valence-electron chi connectivity index (χ3n) is 2.21. The Morgan fingerprint density at radius 1 is 1.46 bits per heavy atom. The molecule has 1 saturated carbocycles. The quantitative estimate of drug-likeness (QED) is 0.776. The Labute approximate surface area is 87.5 Å². The highest BCUT2D eigenvalue weighted by Crippen LogP contribution is 2.43. The minimum Gasteiger partial charge on any atom is -0.327 e. The van der Waals surface area contributed by atoms with E-state index in [2.05, 4.69) is 0 Å². The van der Waals surface area contributed by atoms with E-state index in [0.717, 1.165) is 6.42 Å². The van der Waals surface area contributed by atoms with Crippen LogP contribution in [0.5, 0.6) is 0 Å². The largest absolute Gasteiger partial charge is 0.327 e. The van der Waals surface area contributed by atoms with E-state index in [-0.39, 0.29) is 30.2 Å². The van der Waals surface area contributed by atoms with E-state index in [0.29, 0.717) is 10.6 Å². The summed E-state index contributed by atoms with van der Waals surface area (Å²) in [5.74, 6) is -0.0980. The molecule has 4 heteroatoms. The molecule has 2 unspecified atom stereocenters. The predicted molar refractivity (Wildman–Crippen MR) is 54.0 cm³/mol. The van der Waals surface area contributed by atoms with E-state index in [1.165, 1.54) is 6.07 Å². The van der Waals surface area contributed by atoms with Crippen molar-refractivity contribution in [3.63, 3.8) is 0 Å². The number of benzene rings is 1. The van der Waals surface area contributed by atoms with Gasteiger partial charge in [0, 0.05) is 22.5 Å². The fraction of sp³-hybridized carbons (Fsp3) is 0.333. The van der Waals surface area contributed by atoms with Crippen LogP contribution in [0.2, 0.25) is 5.02 Å². The van der Waals surface area contributed by atoms with Crippen molar-refractivity contribution in [2.75, 3.05) is 0 Å². The van der Waals surface area contributed by atoms with Crippen molar-refractivity contribution < 1.29 is 4.39 Å². The lowest BCUT2D eigenvalue weighted by Gasteiger charge is -2.02. The Morgan fingerprint density at radius 2 is 2.08 bits per heavy atom. The molecule has 0 aliphatic heterocycles. The second-order valence-corrected chi connectivity index (χ2v) is 3.55. The highest BCUT2D eigenvalue weighted by atomic mass is 35.5. The Morgan fingerprint density at radius 3 is 2.54 bits per heavy atom. The fourth-order valence-electron chi connectivity index (χ4n) is 1.41. The van der Waals surface area contributed by atoms with Crippen molar-refractivity contribution in [3.05, 3.63) is 34.6 Å². The van der Waals surface area contributed by atoms with Gasteiger partial charge in [-0.2, -0.15) is 0 Å². The van der Waals surface area contributed by atoms with E-state index < -0.39 is 0 Å². The topological polar surface area (TPSA) is 26.0 Å². The van der Waals surface area contributed by atoms with Crippen LogP contribution < -0.4 is 5.73 Å². The molecule has 2 N–H and O–H groups in total. The van der Waals surface area contributed by atoms with Crippen LogP contribution in [0.4, 0.5) is 4.39 Å². The normalized spacial score (nSPS) is 25.2. The minimum absolute atomic E-state index is 0. The van der Waals surface area contributed by atoms with Gasteiger partial charge in [-0.05, 0) is 18.6 Å². The lowest BCUT2D eigenvalue weighted by atomic mass is 10.1. The number of hydrogen-bond donors (Lipinski definition) is 1. The van der Waals surface area contributed by atoms with E-state index in [1.54, 1.807) is 12.1 Å². The number of halogens is 3. The summed E-state index contributed by atoms with van der Waals surface area (Å²) in [4.78, 5) is 0. The number of nitrogens with two attached hydrogens (primary N) is 1. The van der Waals surface area contributed by atoms with Crippen LogP contribution in [0.25, 0.3) is 0 Å². The third-order valence-corrected chi connectivity index (χ3v) is 2.54. The van der Waals surface area contributed by atoms with Gasteiger partial charge in [0.2, 0.25) is 0 Å². The molecule has 0 radical (unpaired) electrons. The van der Waals surface area contributed by atoms with Gasteiger partial charge in [-0.1, -0.05) is 17.7 Å². The molecule has 0 bridgehead atoms. The van der Waals surface area contributed by atoms with Crippen molar-refractivity contribution in [2.45, 2.75) is 18.4 Å². The lowest BCUT2D eigenvalue weighted by Crippen LogP contribution is -2.02.